The van der Waals surface area contributed by atoms with Crippen LogP contribution in [0, 0.1) is 6.92 Å². The lowest BCUT2D eigenvalue weighted by Crippen LogP contribution is -2.34. The quantitative estimate of drug-likeness (QED) is 0.885. The minimum Gasteiger partial charge on any atom is -0.488 e. The highest BCUT2D eigenvalue weighted by Crippen LogP contribution is 2.29. The van der Waals surface area contributed by atoms with Crippen LogP contribution in [0.2, 0.25) is 5.02 Å². The number of aryl methyl sites for hydroxylation is 1. The van der Waals surface area contributed by atoms with Gasteiger partial charge in [-0.3, -0.25) is 9.78 Å². The van der Waals surface area contributed by atoms with Crippen molar-refractivity contribution < 1.29 is 9.53 Å². The first-order chi connectivity index (χ1) is 10.6. The SMILES string of the molecule is Cc1ncc(C(=O)NCC2Cc3ccccc3O2)c(Br)c1Cl. The number of rotatable bonds is 3. The van der Waals surface area contributed by atoms with Gasteiger partial charge in [0.1, 0.15) is 11.9 Å². The molecule has 4 nitrogen and oxygen atoms in total. The third-order valence-corrected chi connectivity index (χ3v) is 5.10. The molecule has 22 heavy (non-hydrogen) atoms. The molecule has 0 saturated carbocycles. The van der Waals surface area contributed by atoms with Crippen molar-refractivity contribution in [1.82, 2.24) is 10.3 Å². The average Bonchev–Trinajstić information content (AvgIpc) is 2.93. The molecule has 1 N–H and O–H groups in total. The highest BCUT2D eigenvalue weighted by Gasteiger charge is 2.23. The fraction of sp³-hybridized carbons (Fsp3) is 0.250. The van der Waals surface area contributed by atoms with Gasteiger partial charge in [0.05, 0.1) is 27.3 Å². The maximum Gasteiger partial charge on any atom is 0.254 e. The standard InChI is InChI=1S/C16H14BrClN2O2/c1-9-15(18)14(17)12(8-19-9)16(21)20-7-11-6-10-4-2-3-5-13(10)22-11/h2-5,8,11H,6-7H2,1H3,(H,20,21). The number of fused-ring (bicyclic) bond motifs is 1. The molecule has 0 radical (unpaired) electrons. The van der Waals surface area contributed by atoms with Gasteiger partial charge in [-0.2, -0.15) is 0 Å². The van der Waals surface area contributed by atoms with Crippen LogP contribution in [0.5, 0.6) is 5.75 Å². The summed E-state index contributed by atoms with van der Waals surface area (Å²) in [4.78, 5) is 16.4. The number of carbonyl (C=O) groups excluding carboxylic acids is 1. The van der Waals surface area contributed by atoms with Crippen LogP contribution in [0.25, 0.3) is 0 Å². The van der Waals surface area contributed by atoms with Gasteiger partial charge in [0.25, 0.3) is 5.91 Å². The van der Waals surface area contributed by atoms with Gasteiger partial charge in [0, 0.05) is 12.6 Å². The number of halogens is 2. The van der Waals surface area contributed by atoms with Crippen molar-refractivity contribution in [2.75, 3.05) is 6.54 Å². The Hall–Kier alpha value is -1.59. The lowest BCUT2D eigenvalue weighted by Gasteiger charge is -2.13. The van der Waals surface area contributed by atoms with Crippen molar-refractivity contribution in [3.63, 3.8) is 0 Å². The van der Waals surface area contributed by atoms with E-state index in [4.69, 9.17) is 16.3 Å². The fourth-order valence-corrected chi connectivity index (χ4v) is 3.10. The van der Waals surface area contributed by atoms with Gasteiger partial charge in [0.15, 0.2) is 0 Å². The Bertz CT molecular complexity index is 711. The number of ether oxygens (including phenoxy) is 1. The maximum absolute atomic E-state index is 12.3. The summed E-state index contributed by atoms with van der Waals surface area (Å²) in [5, 5.41) is 3.33. The second kappa shape index (κ2) is 6.26. The summed E-state index contributed by atoms with van der Waals surface area (Å²) < 4.78 is 6.36. The first kappa shape index (κ1) is 15.3. The smallest absolute Gasteiger partial charge is 0.254 e. The summed E-state index contributed by atoms with van der Waals surface area (Å²) in [7, 11) is 0. The van der Waals surface area contributed by atoms with Gasteiger partial charge in [-0.05, 0) is 34.5 Å². The van der Waals surface area contributed by atoms with Crippen molar-refractivity contribution in [3.8, 4) is 5.75 Å². The molecule has 0 fully saturated rings. The number of para-hydroxylation sites is 1. The topological polar surface area (TPSA) is 51.2 Å². The molecule has 0 aliphatic carbocycles. The van der Waals surface area contributed by atoms with Crippen molar-refractivity contribution in [2.45, 2.75) is 19.4 Å². The van der Waals surface area contributed by atoms with E-state index in [0.717, 1.165) is 12.2 Å². The minimum absolute atomic E-state index is 0.0472. The summed E-state index contributed by atoms with van der Waals surface area (Å²) in [5.74, 6) is 0.670. The van der Waals surface area contributed by atoms with E-state index in [9.17, 15) is 4.79 Å². The summed E-state index contributed by atoms with van der Waals surface area (Å²) in [5.41, 5.74) is 2.27. The molecule has 2 aromatic rings. The number of nitrogens with one attached hydrogen (secondary N) is 1. The van der Waals surface area contributed by atoms with E-state index in [0.29, 0.717) is 27.3 Å². The fourth-order valence-electron chi connectivity index (χ4n) is 2.38. The first-order valence-electron chi connectivity index (χ1n) is 6.89. The second-order valence-electron chi connectivity index (χ2n) is 5.15. The van der Waals surface area contributed by atoms with Crippen molar-refractivity contribution in [1.29, 1.82) is 0 Å². The second-order valence-corrected chi connectivity index (χ2v) is 6.32. The monoisotopic (exact) mass is 380 g/mol. The number of amides is 1. The predicted octanol–water partition coefficient (Wildman–Crippen LogP) is 3.54. The summed E-state index contributed by atoms with van der Waals surface area (Å²) in [6.45, 7) is 2.23. The van der Waals surface area contributed by atoms with E-state index in [1.165, 1.54) is 11.8 Å². The first-order valence-corrected chi connectivity index (χ1v) is 8.06. The van der Waals surface area contributed by atoms with Crippen molar-refractivity contribution >= 4 is 33.4 Å². The Morgan fingerprint density at radius 3 is 3.05 bits per heavy atom. The zero-order valence-electron chi connectivity index (χ0n) is 11.9. The van der Waals surface area contributed by atoms with Gasteiger partial charge < -0.3 is 10.1 Å². The molecule has 1 amide bonds. The molecule has 0 spiro atoms. The maximum atomic E-state index is 12.3. The number of hydrogen-bond donors (Lipinski definition) is 1. The molecule has 0 saturated heterocycles. The highest BCUT2D eigenvalue weighted by atomic mass is 79.9. The average molecular weight is 382 g/mol. The molecule has 1 unspecified atom stereocenters. The lowest BCUT2D eigenvalue weighted by molar-refractivity contribution is 0.0932. The van der Waals surface area contributed by atoms with Crippen LogP contribution in [0.1, 0.15) is 21.6 Å². The van der Waals surface area contributed by atoms with E-state index in [2.05, 4.69) is 26.2 Å². The van der Waals surface area contributed by atoms with E-state index >= 15 is 0 Å². The van der Waals surface area contributed by atoms with Crippen molar-refractivity contribution in [3.05, 3.63) is 56.8 Å². The predicted molar refractivity (Wildman–Crippen MR) is 88.6 cm³/mol. The van der Waals surface area contributed by atoms with Gasteiger partial charge in [0.2, 0.25) is 0 Å². The van der Waals surface area contributed by atoms with Gasteiger partial charge in [-0.15, -0.1) is 0 Å². The Kier molecular flexibility index (Phi) is 4.36. The number of benzene rings is 1. The molecule has 0 bridgehead atoms. The van der Waals surface area contributed by atoms with Crippen LogP contribution < -0.4 is 10.1 Å². The van der Waals surface area contributed by atoms with E-state index in [1.54, 1.807) is 6.92 Å². The molecule has 1 aromatic heterocycles. The zero-order chi connectivity index (χ0) is 15.7. The molecule has 1 aliphatic heterocycles. The van der Waals surface area contributed by atoms with Crippen LogP contribution in [-0.4, -0.2) is 23.5 Å². The number of aromatic nitrogens is 1. The van der Waals surface area contributed by atoms with Crippen LogP contribution in [0.4, 0.5) is 0 Å². The molecule has 2 heterocycles. The Morgan fingerprint density at radius 1 is 1.50 bits per heavy atom. The minimum atomic E-state index is -0.221. The highest BCUT2D eigenvalue weighted by molar-refractivity contribution is 9.10. The number of hydrogen-bond acceptors (Lipinski definition) is 3. The Morgan fingerprint density at radius 2 is 2.27 bits per heavy atom. The molecule has 1 atom stereocenters. The van der Waals surface area contributed by atoms with Crippen molar-refractivity contribution in [2.24, 2.45) is 0 Å². The zero-order valence-corrected chi connectivity index (χ0v) is 14.2. The van der Waals surface area contributed by atoms with Crippen LogP contribution in [0.3, 0.4) is 0 Å². The summed E-state index contributed by atoms with van der Waals surface area (Å²) in [6.07, 6.45) is 2.27. The molecule has 3 rings (SSSR count). The van der Waals surface area contributed by atoms with Gasteiger partial charge in [-0.25, -0.2) is 0 Å². The Labute approximate surface area is 142 Å². The summed E-state index contributed by atoms with van der Waals surface area (Å²) >= 11 is 9.45. The number of pyridine rings is 1. The number of nitrogens with zero attached hydrogens (tertiary/aromatic N) is 1. The Balaban J connectivity index is 1.64. The van der Waals surface area contributed by atoms with E-state index in [1.807, 2.05) is 24.3 Å². The largest absolute Gasteiger partial charge is 0.488 e. The molecule has 1 aliphatic rings. The van der Waals surface area contributed by atoms with E-state index < -0.39 is 0 Å². The summed E-state index contributed by atoms with van der Waals surface area (Å²) in [6, 6.07) is 7.91. The molecular weight excluding hydrogens is 368 g/mol. The lowest BCUT2D eigenvalue weighted by atomic mass is 10.1. The third-order valence-electron chi connectivity index (χ3n) is 3.58. The van der Waals surface area contributed by atoms with Gasteiger partial charge in [-0.1, -0.05) is 29.8 Å². The molecule has 1 aromatic carbocycles. The normalized spacial score (nSPS) is 16.0. The van der Waals surface area contributed by atoms with Crippen LogP contribution in [-0.2, 0) is 6.42 Å². The van der Waals surface area contributed by atoms with E-state index in [-0.39, 0.29) is 12.0 Å². The molecule has 6 heteroatoms. The molecular formula is C16H14BrClN2O2. The third kappa shape index (κ3) is 2.96. The molecule has 114 valence electrons. The number of carbonyl (C=O) groups is 1. The van der Waals surface area contributed by atoms with Crippen LogP contribution in [0.15, 0.2) is 34.9 Å². The van der Waals surface area contributed by atoms with Crippen LogP contribution >= 0.6 is 27.5 Å². The van der Waals surface area contributed by atoms with Gasteiger partial charge >= 0.3 is 0 Å².